The van der Waals surface area contributed by atoms with Crippen molar-refractivity contribution in [3.8, 4) is 33.4 Å². The van der Waals surface area contributed by atoms with Gasteiger partial charge >= 0.3 is 0 Å². The average Bonchev–Trinajstić information content (AvgIpc) is 4.09. The Balaban J connectivity index is 1.01. The largest absolute Gasteiger partial charge is 0.456 e. The molecule has 2 heterocycles. The predicted molar refractivity (Wildman–Crippen MR) is 276 cm³/mol. The number of anilines is 3. The van der Waals surface area contributed by atoms with E-state index >= 15 is 0 Å². The zero-order valence-electron chi connectivity index (χ0n) is 37.1. The van der Waals surface area contributed by atoms with E-state index in [9.17, 15) is 0 Å². The van der Waals surface area contributed by atoms with Gasteiger partial charge in [-0.2, -0.15) is 0 Å². The zero-order chi connectivity index (χ0) is 44.4. The van der Waals surface area contributed by atoms with Gasteiger partial charge in [-0.05, 0) is 98.1 Å². The normalized spacial score (nSPS) is 14.1. The Labute approximate surface area is 388 Å². The van der Waals surface area contributed by atoms with E-state index in [0.29, 0.717) is 0 Å². The third-order valence-corrected chi connectivity index (χ3v) is 14.9. The molecule has 0 spiro atoms. The summed E-state index contributed by atoms with van der Waals surface area (Å²) in [7, 11) is 0. The van der Waals surface area contributed by atoms with Crippen molar-refractivity contribution in [1.82, 2.24) is 0 Å². The van der Waals surface area contributed by atoms with Crippen molar-refractivity contribution in [3.63, 3.8) is 0 Å². The Hall–Kier alpha value is -8.40. The SMILES string of the molecule is CC1(C)c2ccccc2-c2ccc(N(c3ccc4c(c3)oc3cc5c(cc34)oc3c(-c4ccccc4)cccc35)c3cccc4c3-c3ccccc3C4(c3ccccc3)c3ccccc3)cc21. The number of rotatable bonds is 6. The van der Waals surface area contributed by atoms with Crippen LogP contribution < -0.4 is 4.90 Å². The van der Waals surface area contributed by atoms with Crippen molar-refractivity contribution in [1.29, 1.82) is 0 Å². The van der Waals surface area contributed by atoms with Crippen molar-refractivity contribution in [3.05, 3.63) is 258 Å². The molecule has 2 aliphatic rings. The molecule has 3 nitrogen and oxygen atoms in total. The highest BCUT2D eigenvalue weighted by atomic mass is 16.3. The van der Waals surface area contributed by atoms with E-state index in [1.54, 1.807) is 0 Å². The minimum atomic E-state index is -0.538. The number of nitrogens with zero attached hydrogens (tertiary/aromatic N) is 1. The van der Waals surface area contributed by atoms with Crippen LogP contribution in [0.25, 0.3) is 77.3 Å². The predicted octanol–water partition coefficient (Wildman–Crippen LogP) is 17.3. The molecule has 0 radical (unpaired) electrons. The lowest BCUT2D eigenvalue weighted by molar-refractivity contribution is 0.660. The first kappa shape index (κ1) is 37.9. The van der Waals surface area contributed by atoms with Crippen molar-refractivity contribution in [2.75, 3.05) is 4.90 Å². The summed E-state index contributed by atoms with van der Waals surface area (Å²) in [6.07, 6.45) is 0. The Morgan fingerprint density at radius 1 is 0.358 bits per heavy atom. The van der Waals surface area contributed by atoms with Crippen LogP contribution in [0.5, 0.6) is 0 Å². The molecule has 0 amide bonds. The van der Waals surface area contributed by atoms with Gasteiger partial charge in [0.25, 0.3) is 0 Å². The van der Waals surface area contributed by atoms with E-state index in [0.717, 1.165) is 72.1 Å². The fraction of sp³-hybridized carbons (Fsp3) is 0.0625. The molecule has 0 aliphatic heterocycles. The number of para-hydroxylation sites is 1. The lowest BCUT2D eigenvalue weighted by atomic mass is 9.68. The molecule has 3 heteroatoms. The summed E-state index contributed by atoms with van der Waals surface area (Å²) in [5.41, 5.74) is 20.9. The van der Waals surface area contributed by atoms with E-state index in [4.69, 9.17) is 8.83 Å². The standard InChI is InChI=1S/C64H43NO2/c1-63(2)53-28-14-12-24-46(53)47-34-32-43(36-56(47)63)65(57-31-17-30-55-61(57)50-25-13-15-29-54(50)64(55,41-20-8-4-9-21-41)42-22-10-5-11-23-42)44-33-35-48-51-38-60-52(39-59(51)66-58(48)37-44)49-27-16-26-45(62(49)67-60)40-18-6-3-7-19-40/h3-39H,1-2H3. The highest BCUT2D eigenvalue weighted by Gasteiger charge is 2.47. The third kappa shape index (κ3) is 5.28. The van der Waals surface area contributed by atoms with Gasteiger partial charge < -0.3 is 13.7 Å². The fourth-order valence-corrected chi connectivity index (χ4v) is 12.0. The first-order chi connectivity index (χ1) is 33.0. The van der Waals surface area contributed by atoms with Crippen LogP contribution in [0.15, 0.2) is 233 Å². The lowest BCUT2D eigenvalue weighted by Crippen LogP contribution is -2.28. The minimum Gasteiger partial charge on any atom is -0.456 e. The van der Waals surface area contributed by atoms with Crippen molar-refractivity contribution in [2.45, 2.75) is 24.7 Å². The molecule has 12 aromatic rings. The van der Waals surface area contributed by atoms with Gasteiger partial charge in [0, 0.05) is 55.5 Å². The van der Waals surface area contributed by atoms with Gasteiger partial charge in [-0.25, -0.2) is 0 Å². The van der Waals surface area contributed by atoms with E-state index in [2.05, 4.69) is 237 Å². The number of hydrogen-bond acceptors (Lipinski definition) is 3. The van der Waals surface area contributed by atoms with Gasteiger partial charge in [-0.15, -0.1) is 0 Å². The Bertz CT molecular complexity index is 3910. The molecule has 0 fully saturated rings. The Morgan fingerprint density at radius 3 is 1.67 bits per heavy atom. The van der Waals surface area contributed by atoms with E-state index in [1.807, 2.05) is 6.07 Å². The maximum absolute atomic E-state index is 6.94. The molecule has 0 saturated heterocycles. The van der Waals surface area contributed by atoms with Crippen molar-refractivity contribution < 1.29 is 8.83 Å². The second-order valence-electron chi connectivity index (χ2n) is 18.7. The molecule has 2 aliphatic carbocycles. The van der Waals surface area contributed by atoms with Crippen molar-refractivity contribution >= 4 is 60.9 Å². The quantitative estimate of drug-likeness (QED) is 0.167. The molecule has 0 bridgehead atoms. The second-order valence-corrected chi connectivity index (χ2v) is 18.7. The van der Waals surface area contributed by atoms with Crippen LogP contribution in [-0.2, 0) is 10.8 Å². The first-order valence-corrected chi connectivity index (χ1v) is 23.2. The maximum atomic E-state index is 6.94. The summed E-state index contributed by atoms with van der Waals surface area (Å²) in [5, 5.41) is 4.20. The molecule has 0 unspecified atom stereocenters. The topological polar surface area (TPSA) is 29.5 Å². The van der Waals surface area contributed by atoms with Gasteiger partial charge in [0.15, 0.2) is 0 Å². The van der Waals surface area contributed by atoms with E-state index in [1.165, 1.54) is 55.6 Å². The molecule has 0 N–H and O–H groups in total. The van der Waals surface area contributed by atoms with Gasteiger partial charge in [-0.1, -0.05) is 190 Å². The fourth-order valence-electron chi connectivity index (χ4n) is 12.0. The molecule has 10 aromatic carbocycles. The average molecular weight is 858 g/mol. The number of furan rings is 2. The monoisotopic (exact) mass is 857 g/mol. The zero-order valence-corrected chi connectivity index (χ0v) is 37.1. The molecule has 316 valence electrons. The second kappa shape index (κ2) is 14.1. The van der Waals surface area contributed by atoms with E-state index < -0.39 is 5.41 Å². The Kier molecular flexibility index (Phi) is 7.95. The Morgan fingerprint density at radius 2 is 0.910 bits per heavy atom. The van der Waals surface area contributed by atoms with Crippen LogP contribution in [0, 0.1) is 0 Å². The molecular formula is C64H43NO2. The van der Waals surface area contributed by atoms with Gasteiger partial charge in [0.1, 0.15) is 22.3 Å². The highest BCUT2D eigenvalue weighted by molar-refractivity contribution is 6.17. The van der Waals surface area contributed by atoms with Crippen LogP contribution in [-0.4, -0.2) is 0 Å². The van der Waals surface area contributed by atoms with Gasteiger partial charge in [-0.3, -0.25) is 0 Å². The van der Waals surface area contributed by atoms with Crippen molar-refractivity contribution in [2.24, 2.45) is 0 Å². The summed E-state index contributed by atoms with van der Waals surface area (Å²) < 4.78 is 13.7. The lowest BCUT2D eigenvalue weighted by Gasteiger charge is -2.34. The molecule has 2 aromatic heterocycles. The molecule has 0 atom stereocenters. The maximum Gasteiger partial charge on any atom is 0.143 e. The minimum absolute atomic E-state index is 0.180. The van der Waals surface area contributed by atoms with Crippen LogP contribution in [0.1, 0.15) is 47.2 Å². The summed E-state index contributed by atoms with van der Waals surface area (Å²) in [6.45, 7) is 4.72. The number of hydrogen-bond donors (Lipinski definition) is 0. The van der Waals surface area contributed by atoms with Crippen LogP contribution in [0.4, 0.5) is 17.1 Å². The summed E-state index contributed by atoms with van der Waals surface area (Å²) in [6, 6.07) is 81.9. The van der Waals surface area contributed by atoms with Gasteiger partial charge in [0.05, 0.1) is 11.1 Å². The van der Waals surface area contributed by atoms with Gasteiger partial charge in [0.2, 0.25) is 0 Å². The van der Waals surface area contributed by atoms with Crippen LogP contribution in [0.2, 0.25) is 0 Å². The van der Waals surface area contributed by atoms with Crippen LogP contribution in [0.3, 0.4) is 0 Å². The number of benzene rings is 10. The summed E-state index contributed by atoms with van der Waals surface area (Å²) in [5.74, 6) is 0. The first-order valence-electron chi connectivity index (χ1n) is 23.2. The third-order valence-electron chi connectivity index (χ3n) is 14.9. The highest BCUT2D eigenvalue weighted by Crippen LogP contribution is 2.60. The summed E-state index contributed by atoms with van der Waals surface area (Å²) in [4.78, 5) is 2.47. The smallest absolute Gasteiger partial charge is 0.143 e. The molecule has 67 heavy (non-hydrogen) atoms. The molecule has 14 rings (SSSR count). The molecule has 0 saturated carbocycles. The summed E-state index contributed by atoms with van der Waals surface area (Å²) >= 11 is 0. The van der Waals surface area contributed by atoms with E-state index in [-0.39, 0.29) is 5.41 Å². The number of fused-ring (bicyclic) bond motifs is 12. The molecular weight excluding hydrogens is 815 g/mol. The van der Waals surface area contributed by atoms with Crippen LogP contribution >= 0.6 is 0 Å².